The molecule has 1 aliphatic heterocycles. The summed E-state index contributed by atoms with van der Waals surface area (Å²) in [4.78, 5) is 12.3. The highest BCUT2D eigenvalue weighted by Crippen LogP contribution is 2.28. The Hall–Kier alpha value is -1.83. The first-order valence-electron chi connectivity index (χ1n) is 6.63. The molecule has 0 radical (unpaired) electrons. The molecule has 0 amide bonds. The van der Waals surface area contributed by atoms with Crippen LogP contribution in [0.3, 0.4) is 0 Å². The second-order valence-corrected chi connectivity index (χ2v) is 4.88. The Morgan fingerprint density at radius 2 is 2.17 bits per heavy atom. The van der Waals surface area contributed by atoms with Crippen molar-refractivity contribution in [1.82, 2.24) is 4.57 Å². The highest BCUT2D eigenvalue weighted by Gasteiger charge is 2.26. The van der Waals surface area contributed by atoms with Crippen LogP contribution < -0.4 is 0 Å². The van der Waals surface area contributed by atoms with Crippen LogP contribution in [0.1, 0.15) is 36.7 Å². The summed E-state index contributed by atoms with van der Waals surface area (Å²) in [6.45, 7) is 2.91. The predicted octanol–water partition coefficient (Wildman–Crippen LogP) is 3.95. The van der Waals surface area contributed by atoms with Gasteiger partial charge in [0.15, 0.2) is 0 Å². The van der Waals surface area contributed by atoms with Crippen LogP contribution in [0.5, 0.6) is 0 Å². The van der Waals surface area contributed by atoms with Crippen LogP contribution in [0.25, 0.3) is 10.9 Å². The Morgan fingerprint density at radius 3 is 3.00 bits per heavy atom. The minimum absolute atomic E-state index is 0.210. The number of benzene rings is 1. The Balaban J connectivity index is 1.97. The largest absolute Gasteiger partial charge is 0.333 e. The molecule has 0 spiro atoms. The SMILES string of the molecule is CCCC/C=C1\Cn2c(cc3ccccc32)C1=O. The van der Waals surface area contributed by atoms with E-state index < -0.39 is 0 Å². The van der Waals surface area contributed by atoms with Gasteiger partial charge in [-0.1, -0.05) is 44.0 Å². The zero-order valence-electron chi connectivity index (χ0n) is 10.6. The van der Waals surface area contributed by atoms with Crippen molar-refractivity contribution in [3.63, 3.8) is 0 Å². The van der Waals surface area contributed by atoms with Crippen LogP contribution in [0.2, 0.25) is 0 Å². The summed E-state index contributed by atoms with van der Waals surface area (Å²) in [5.41, 5.74) is 2.97. The topological polar surface area (TPSA) is 22.0 Å². The third-order valence-electron chi connectivity index (χ3n) is 3.61. The van der Waals surface area contributed by atoms with Crippen molar-refractivity contribution < 1.29 is 4.79 Å². The van der Waals surface area contributed by atoms with E-state index >= 15 is 0 Å². The molecule has 2 nitrogen and oxygen atoms in total. The molecule has 3 rings (SSSR count). The number of para-hydroxylation sites is 1. The van der Waals surface area contributed by atoms with E-state index in [1.54, 1.807) is 0 Å². The Bertz CT molecular complexity index is 634. The van der Waals surface area contributed by atoms with Crippen molar-refractivity contribution in [3.05, 3.63) is 47.7 Å². The van der Waals surface area contributed by atoms with E-state index in [1.807, 2.05) is 18.2 Å². The van der Waals surface area contributed by atoms with Gasteiger partial charge in [-0.25, -0.2) is 0 Å². The van der Waals surface area contributed by atoms with E-state index in [2.05, 4.69) is 29.7 Å². The number of nitrogens with zero attached hydrogens (tertiary/aromatic N) is 1. The third kappa shape index (κ3) is 1.69. The number of hydrogen-bond acceptors (Lipinski definition) is 1. The number of ketones is 1. The molecule has 2 heteroatoms. The molecule has 1 aromatic heterocycles. The molecule has 0 atom stereocenters. The molecule has 2 heterocycles. The molecule has 0 saturated carbocycles. The molecule has 18 heavy (non-hydrogen) atoms. The Morgan fingerprint density at radius 1 is 1.33 bits per heavy atom. The molecule has 92 valence electrons. The second-order valence-electron chi connectivity index (χ2n) is 4.88. The Labute approximate surface area is 107 Å². The van der Waals surface area contributed by atoms with Gasteiger partial charge in [-0.2, -0.15) is 0 Å². The van der Waals surface area contributed by atoms with Crippen LogP contribution >= 0.6 is 0 Å². The van der Waals surface area contributed by atoms with Crippen LogP contribution in [0, 0.1) is 0 Å². The molecule has 0 aliphatic carbocycles. The standard InChI is InChI=1S/C16H17NO/c1-2-3-4-8-13-11-17-14-9-6-5-7-12(14)10-15(17)16(13)18/h5-10H,2-4,11H2,1H3/b13-8+. The summed E-state index contributed by atoms with van der Waals surface area (Å²) in [5.74, 6) is 0.210. The number of unbranched alkanes of at least 4 members (excludes halogenated alkanes) is 2. The lowest BCUT2D eigenvalue weighted by molar-refractivity contribution is 0.103. The summed E-state index contributed by atoms with van der Waals surface area (Å²) >= 11 is 0. The van der Waals surface area contributed by atoms with Gasteiger partial charge in [0.2, 0.25) is 5.78 Å². The lowest BCUT2D eigenvalue weighted by Crippen LogP contribution is -1.94. The van der Waals surface area contributed by atoms with Gasteiger partial charge in [0, 0.05) is 16.5 Å². The summed E-state index contributed by atoms with van der Waals surface area (Å²) in [6.07, 6.45) is 5.47. The Kier molecular flexibility index (Phi) is 2.78. The van der Waals surface area contributed by atoms with Crippen molar-refractivity contribution in [3.8, 4) is 0 Å². The highest BCUT2D eigenvalue weighted by molar-refractivity contribution is 6.12. The number of allylic oxidation sites excluding steroid dienone is 2. The lowest BCUT2D eigenvalue weighted by Gasteiger charge is -1.99. The first-order valence-corrected chi connectivity index (χ1v) is 6.63. The van der Waals surface area contributed by atoms with Gasteiger partial charge >= 0.3 is 0 Å². The van der Waals surface area contributed by atoms with E-state index in [1.165, 1.54) is 11.9 Å². The minimum atomic E-state index is 0.210. The van der Waals surface area contributed by atoms with Crippen molar-refractivity contribution in [2.24, 2.45) is 0 Å². The number of carbonyl (C=O) groups is 1. The van der Waals surface area contributed by atoms with Crippen molar-refractivity contribution in [1.29, 1.82) is 0 Å². The zero-order valence-corrected chi connectivity index (χ0v) is 10.6. The van der Waals surface area contributed by atoms with E-state index in [0.29, 0.717) is 0 Å². The fourth-order valence-corrected chi connectivity index (χ4v) is 2.61. The minimum Gasteiger partial charge on any atom is -0.333 e. The first-order chi connectivity index (χ1) is 8.81. The van der Waals surface area contributed by atoms with Crippen LogP contribution in [0.15, 0.2) is 42.0 Å². The quantitative estimate of drug-likeness (QED) is 0.587. The van der Waals surface area contributed by atoms with Crippen LogP contribution in [-0.4, -0.2) is 10.4 Å². The molecule has 1 aliphatic rings. The van der Waals surface area contributed by atoms with Gasteiger partial charge in [0.25, 0.3) is 0 Å². The number of Topliss-reactive ketones (excluding diaryl/α,β-unsaturated/α-hetero) is 1. The van der Waals surface area contributed by atoms with Crippen molar-refractivity contribution >= 4 is 16.7 Å². The maximum Gasteiger partial charge on any atom is 0.206 e. The van der Waals surface area contributed by atoms with Crippen molar-refractivity contribution in [2.45, 2.75) is 32.7 Å². The maximum absolute atomic E-state index is 12.3. The fraction of sp³-hybridized carbons (Fsp3) is 0.312. The average Bonchev–Trinajstić information content (AvgIpc) is 2.89. The number of carbonyl (C=O) groups excluding carboxylic acids is 1. The van der Waals surface area contributed by atoms with Gasteiger partial charge in [0.1, 0.15) is 0 Å². The molecular weight excluding hydrogens is 222 g/mol. The molecule has 0 unspecified atom stereocenters. The van der Waals surface area contributed by atoms with Crippen LogP contribution in [-0.2, 0) is 6.54 Å². The molecule has 0 bridgehead atoms. The number of rotatable bonds is 3. The first kappa shape index (κ1) is 11.3. The highest BCUT2D eigenvalue weighted by atomic mass is 16.1. The fourth-order valence-electron chi connectivity index (χ4n) is 2.61. The van der Waals surface area contributed by atoms with E-state index in [-0.39, 0.29) is 5.78 Å². The van der Waals surface area contributed by atoms with Crippen molar-refractivity contribution in [2.75, 3.05) is 0 Å². The smallest absolute Gasteiger partial charge is 0.206 e. The predicted molar refractivity (Wildman–Crippen MR) is 73.9 cm³/mol. The molecule has 1 aromatic carbocycles. The van der Waals surface area contributed by atoms with Gasteiger partial charge in [-0.05, 0) is 18.6 Å². The van der Waals surface area contributed by atoms with E-state index in [4.69, 9.17) is 0 Å². The van der Waals surface area contributed by atoms with Gasteiger partial charge in [-0.3, -0.25) is 4.79 Å². The van der Waals surface area contributed by atoms with Crippen LogP contribution in [0.4, 0.5) is 0 Å². The van der Waals surface area contributed by atoms with Gasteiger partial charge in [0.05, 0.1) is 12.2 Å². The zero-order chi connectivity index (χ0) is 12.5. The van der Waals surface area contributed by atoms with E-state index in [9.17, 15) is 4.79 Å². The molecule has 2 aromatic rings. The number of hydrogen-bond donors (Lipinski definition) is 0. The summed E-state index contributed by atoms with van der Waals surface area (Å²) in [5, 5.41) is 1.16. The van der Waals surface area contributed by atoms with Gasteiger partial charge < -0.3 is 4.57 Å². The summed E-state index contributed by atoms with van der Waals surface area (Å²) < 4.78 is 2.13. The molecule has 0 N–H and O–H groups in total. The normalized spacial score (nSPS) is 16.7. The maximum atomic E-state index is 12.3. The average molecular weight is 239 g/mol. The monoisotopic (exact) mass is 239 g/mol. The lowest BCUT2D eigenvalue weighted by atomic mass is 10.1. The molecule has 0 fully saturated rings. The third-order valence-corrected chi connectivity index (χ3v) is 3.61. The second kappa shape index (κ2) is 4.45. The molecule has 0 saturated heterocycles. The summed E-state index contributed by atoms with van der Waals surface area (Å²) in [6, 6.07) is 10.2. The number of aromatic nitrogens is 1. The summed E-state index contributed by atoms with van der Waals surface area (Å²) in [7, 11) is 0. The molecular formula is C16H17NO. The van der Waals surface area contributed by atoms with Gasteiger partial charge in [-0.15, -0.1) is 0 Å². The number of fused-ring (bicyclic) bond motifs is 3. The van der Waals surface area contributed by atoms with E-state index in [0.717, 1.165) is 36.0 Å².